The van der Waals surface area contributed by atoms with Crippen molar-refractivity contribution in [1.29, 1.82) is 10.5 Å². The molecule has 1 saturated carbocycles. The third-order valence-corrected chi connectivity index (χ3v) is 8.95. The van der Waals surface area contributed by atoms with Crippen molar-refractivity contribution in [2.45, 2.75) is 62.3 Å². The fourth-order valence-corrected chi connectivity index (χ4v) is 6.71. The first-order valence-corrected chi connectivity index (χ1v) is 12.8. The Balaban J connectivity index is 1.67. The first-order valence-electron chi connectivity index (χ1n) is 11.9. The molecule has 1 unspecified atom stereocenters. The first kappa shape index (κ1) is 23.7. The van der Waals surface area contributed by atoms with Crippen molar-refractivity contribution in [2.24, 2.45) is 11.3 Å². The average Bonchev–Trinajstić information content (AvgIpc) is 3.44. The van der Waals surface area contributed by atoms with Gasteiger partial charge in [0, 0.05) is 25.6 Å². The summed E-state index contributed by atoms with van der Waals surface area (Å²) in [6.45, 7) is 5.57. The zero-order valence-corrected chi connectivity index (χ0v) is 20.9. The van der Waals surface area contributed by atoms with Crippen LogP contribution in [0.25, 0.3) is 10.9 Å². The van der Waals surface area contributed by atoms with E-state index in [0.717, 1.165) is 37.4 Å². The Hall–Kier alpha value is -3.04. The van der Waals surface area contributed by atoms with E-state index in [1.807, 2.05) is 15.5 Å². The molecular formula is C26H27FN4O3S. The van der Waals surface area contributed by atoms with Crippen LogP contribution in [0.1, 0.15) is 62.4 Å². The van der Waals surface area contributed by atoms with Crippen LogP contribution in [0.15, 0.2) is 15.9 Å². The molecule has 0 bridgehead atoms. The highest BCUT2D eigenvalue weighted by molar-refractivity contribution is 8.01. The normalized spacial score (nSPS) is 21.8. The average molecular weight is 495 g/mol. The smallest absolute Gasteiger partial charge is 0.201 e. The Morgan fingerprint density at radius 1 is 1.26 bits per heavy atom. The number of thioether (sulfide) groups is 1. The Bertz CT molecular complexity index is 1380. The molecule has 2 atom stereocenters. The van der Waals surface area contributed by atoms with Crippen molar-refractivity contribution in [1.82, 2.24) is 4.57 Å². The van der Waals surface area contributed by atoms with E-state index in [1.54, 1.807) is 0 Å². The minimum absolute atomic E-state index is 0.00404. The number of rotatable bonds is 6. The number of carbonyl (C=O) groups excluding carboxylic acids is 1. The molecule has 2 aromatic rings. The lowest BCUT2D eigenvalue weighted by Gasteiger charge is -2.32. The fourth-order valence-electron chi connectivity index (χ4n) is 5.54. The molecule has 2 fully saturated rings. The summed E-state index contributed by atoms with van der Waals surface area (Å²) < 4.78 is 23.5. The summed E-state index contributed by atoms with van der Waals surface area (Å²) in [6.07, 6.45) is 3.89. The molecule has 0 radical (unpaired) electrons. The molecular weight excluding hydrogens is 467 g/mol. The summed E-state index contributed by atoms with van der Waals surface area (Å²) in [5.41, 5.74) is 0.226. The Labute approximate surface area is 207 Å². The number of Topliss-reactive ketones (excluding diaryl/α,β-unsaturated/α-hetero) is 1. The van der Waals surface area contributed by atoms with Gasteiger partial charge in [-0.1, -0.05) is 25.6 Å². The number of ether oxygens (including phenoxy) is 1. The van der Waals surface area contributed by atoms with Crippen molar-refractivity contribution >= 4 is 34.1 Å². The van der Waals surface area contributed by atoms with E-state index in [0.29, 0.717) is 41.5 Å². The predicted octanol–water partition coefficient (Wildman–Crippen LogP) is 4.82. The van der Waals surface area contributed by atoms with E-state index >= 15 is 4.39 Å². The van der Waals surface area contributed by atoms with E-state index in [-0.39, 0.29) is 28.3 Å². The van der Waals surface area contributed by atoms with Crippen molar-refractivity contribution in [3.05, 3.63) is 27.7 Å². The van der Waals surface area contributed by atoms with Crippen LogP contribution in [0, 0.1) is 39.8 Å². The van der Waals surface area contributed by atoms with E-state index in [4.69, 9.17) is 10.00 Å². The minimum atomic E-state index is -0.968. The van der Waals surface area contributed by atoms with Gasteiger partial charge in [0.25, 0.3) is 0 Å². The topological polar surface area (TPSA) is 99.1 Å². The molecule has 0 N–H and O–H groups in total. The third-order valence-electron chi connectivity index (χ3n) is 7.77. The third kappa shape index (κ3) is 3.68. The summed E-state index contributed by atoms with van der Waals surface area (Å²) in [6, 6.07) is 5.52. The van der Waals surface area contributed by atoms with Gasteiger partial charge >= 0.3 is 0 Å². The predicted molar refractivity (Wildman–Crippen MR) is 132 cm³/mol. The lowest BCUT2D eigenvalue weighted by molar-refractivity contribution is 0.100. The van der Waals surface area contributed by atoms with Gasteiger partial charge in [0.05, 0.1) is 40.7 Å². The van der Waals surface area contributed by atoms with Gasteiger partial charge in [0.1, 0.15) is 5.69 Å². The SMILES string of the molecule is COc1c(N2CC[C@@H](C(C)(C)CCC#N)C2)c(F)cc2c(=O)c3c(n(C4CC4)c12)SC(C#N)C3=O. The van der Waals surface area contributed by atoms with Crippen molar-refractivity contribution in [2.75, 3.05) is 25.1 Å². The number of benzene rings is 1. The summed E-state index contributed by atoms with van der Waals surface area (Å²) in [5.74, 6) is -0.472. The van der Waals surface area contributed by atoms with Crippen LogP contribution in [-0.2, 0) is 0 Å². The van der Waals surface area contributed by atoms with Crippen molar-refractivity contribution in [3.8, 4) is 17.9 Å². The number of hydrogen-bond donors (Lipinski definition) is 0. The maximum Gasteiger partial charge on any atom is 0.201 e. The fraction of sp³-hybridized carbons (Fsp3) is 0.538. The van der Waals surface area contributed by atoms with Crippen LogP contribution >= 0.6 is 11.8 Å². The number of pyridine rings is 1. The second-order valence-corrected chi connectivity index (χ2v) is 11.4. The largest absolute Gasteiger partial charge is 0.492 e. The highest BCUT2D eigenvalue weighted by Gasteiger charge is 2.42. The lowest BCUT2D eigenvalue weighted by Crippen LogP contribution is -2.29. The summed E-state index contributed by atoms with van der Waals surface area (Å²) in [4.78, 5) is 28.2. The number of anilines is 1. The monoisotopic (exact) mass is 494 g/mol. The second-order valence-electron chi connectivity index (χ2n) is 10.3. The van der Waals surface area contributed by atoms with Crippen LogP contribution in [0.2, 0.25) is 0 Å². The summed E-state index contributed by atoms with van der Waals surface area (Å²) in [7, 11) is 1.48. The molecule has 0 spiro atoms. The van der Waals surface area contributed by atoms with Crippen molar-refractivity contribution in [3.63, 3.8) is 0 Å². The Kier molecular flexibility index (Phi) is 5.80. The molecule has 1 saturated heterocycles. The molecule has 0 amide bonds. The molecule has 2 aliphatic heterocycles. The van der Waals surface area contributed by atoms with Crippen LogP contribution in [0.5, 0.6) is 5.75 Å². The molecule has 1 aromatic heterocycles. The molecule has 1 aliphatic carbocycles. The Morgan fingerprint density at radius 2 is 2.00 bits per heavy atom. The number of halogens is 1. The number of fused-ring (bicyclic) bond motifs is 2. The van der Waals surface area contributed by atoms with Crippen LogP contribution in [-0.4, -0.2) is 35.8 Å². The van der Waals surface area contributed by atoms with E-state index in [9.17, 15) is 14.9 Å². The highest BCUT2D eigenvalue weighted by atomic mass is 32.2. The van der Waals surface area contributed by atoms with Crippen molar-refractivity contribution < 1.29 is 13.9 Å². The highest BCUT2D eigenvalue weighted by Crippen LogP contribution is 2.50. The molecule has 182 valence electrons. The zero-order valence-electron chi connectivity index (χ0n) is 20.1. The van der Waals surface area contributed by atoms with Gasteiger partial charge in [-0.05, 0) is 43.1 Å². The van der Waals surface area contributed by atoms with Gasteiger partial charge in [0.2, 0.25) is 5.43 Å². The molecule has 1 aromatic carbocycles. The summed E-state index contributed by atoms with van der Waals surface area (Å²) in [5, 5.41) is 18.1. The maximum absolute atomic E-state index is 15.7. The van der Waals surface area contributed by atoms with Crippen LogP contribution in [0.4, 0.5) is 10.1 Å². The number of nitrogens with zero attached hydrogens (tertiary/aromatic N) is 4. The van der Waals surface area contributed by atoms with Gasteiger partial charge in [-0.15, -0.1) is 0 Å². The second kappa shape index (κ2) is 8.57. The van der Waals surface area contributed by atoms with Gasteiger partial charge < -0.3 is 14.2 Å². The minimum Gasteiger partial charge on any atom is -0.492 e. The number of nitriles is 2. The standard InChI is InChI=1S/C26H27FN4O3S/c1-26(2,8-4-9-28)14-7-10-30(13-14)21-17(27)11-16-20(24(21)34-3)31(15-5-6-15)25-19(22(16)32)23(33)18(12-29)35-25/h11,14-15,18H,4-8,10,13H2,1-3H3/t14-,18?/m1/s1. The van der Waals surface area contributed by atoms with E-state index in [1.165, 1.54) is 13.2 Å². The van der Waals surface area contributed by atoms with E-state index in [2.05, 4.69) is 19.9 Å². The lowest BCUT2D eigenvalue weighted by atomic mass is 9.75. The molecule has 9 heteroatoms. The number of ketones is 1. The van der Waals surface area contributed by atoms with Gasteiger partial charge in [0.15, 0.2) is 22.6 Å². The molecule has 3 heterocycles. The van der Waals surface area contributed by atoms with Crippen LogP contribution < -0.4 is 15.1 Å². The molecule has 35 heavy (non-hydrogen) atoms. The van der Waals surface area contributed by atoms with E-state index < -0.39 is 22.3 Å². The number of hydrogen-bond acceptors (Lipinski definition) is 7. The van der Waals surface area contributed by atoms with Gasteiger partial charge in [-0.3, -0.25) is 9.59 Å². The first-order chi connectivity index (χ1) is 16.7. The Morgan fingerprint density at radius 3 is 2.63 bits per heavy atom. The van der Waals surface area contributed by atoms with Crippen LogP contribution in [0.3, 0.4) is 0 Å². The maximum atomic E-state index is 15.7. The molecule has 3 aliphatic rings. The number of aromatic nitrogens is 1. The molecule has 5 rings (SSSR count). The summed E-state index contributed by atoms with van der Waals surface area (Å²) >= 11 is 1.10. The number of carbonyl (C=O) groups is 1. The van der Waals surface area contributed by atoms with Gasteiger partial charge in [-0.2, -0.15) is 10.5 Å². The zero-order chi connectivity index (χ0) is 25.1. The van der Waals surface area contributed by atoms with Gasteiger partial charge in [-0.25, -0.2) is 4.39 Å². The molecule has 7 nitrogen and oxygen atoms in total. The quantitative estimate of drug-likeness (QED) is 0.568. The number of methoxy groups -OCH3 is 1.